The zero-order chi connectivity index (χ0) is 17.1. The first-order chi connectivity index (χ1) is 11.6. The first kappa shape index (κ1) is 16.5. The molecule has 1 aliphatic carbocycles. The number of benzene rings is 1. The molecule has 0 unspecified atom stereocenters. The molecular weight excluding hydrogens is 310 g/mol. The number of carbonyl (C=O) groups excluding carboxylic acids is 3. The Labute approximate surface area is 140 Å². The molecule has 128 valence electrons. The predicted molar refractivity (Wildman–Crippen MR) is 85.4 cm³/mol. The van der Waals surface area contributed by atoms with Gasteiger partial charge in [-0.1, -0.05) is 25.0 Å². The Kier molecular flexibility index (Phi) is 4.83. The topological polar surface area (TPSA) is 72.9 Å². The van der Waals surface area contributed by atoms with Crippen LogP contribution in [0.5, 0.6) is 11.5 Å². The summed E-state index contributed by atoms with van der Waals surface area (Å²) in [6.45, 7) is 0.0820. The maximum atomic E-state index is 12.4. The van der Waals surface area contributed by atoms with E-state index in [0.29, 0.717) is 11.5 Å². The fourth-order valence-electron chi connectivity index (χ4n) is 3.53. The lowest BCUT2D eigenvalue weighted by atomic mass is 9.81. The van der Waals surface area contributed by atoms with Gasteiger partial charge >= 0.3 is 5.97 Å². The fraction of sp³-hybridized carbons (Fsp3) is 0.500. The van der Waals surface area contributed by atoms with E-state index in [0.717, 1.165) is 25.7 Å². The first-order valence-electron chi connectivity index (χ1n) is 8.30. The van der Waals surface area contributed by atoms with Crippen molar-refractivity contribution in [3.63, 3.8) is 0 Å². The number of carbonyl (C=O) groups is 3. The van der Waals surface area contributed by atoms with Crippen molar-refractivity contribution >= 4 is 17.8 Å². The van der Waals surface area contributed by atoms with E-state index in [1.54, 1.807) is 24.3 Å². The van der Waals surface area contributed by atoms with E-state index in [1.807, 2.05) is 0 Å². The van der Waals surface area contributed by atoms with Crippen LogP contribution in [0.3, 0.4) is 0 Å². The van der Waals surface area contributed by atoms with Crippen LogP contribution in [-0.4, -0.2) is 36.3 Å². The molecule has 24 heavy (non-hydrogen) atoms. The molecule has 6 nitrogen and oxygen atoms in total. The third-order valence-electron chi connectivity index (χ3n) is 4.76. The Morgan fingerprint density at radius 1 is 1.08 bits per heavy atom. The van der Waals surface area contributed by atoms with Crippen molar-refractivity contribution in [3.8, 4) is 11.5 Å². The second-order valence-corrected chi connectivity index (χ2v) is 6.20. The van der Waals surface area contributed by atoms with Crippen molar-refractivity contribution in [1.82, 2.24) is 4.90 Å². The standard InChI is InChI=1S/C18H21NO5/c1-23-14-8-4-5-9-15(14)24-16(20)10-11-19-17(21)12-6-2-3-7-13(12)18(19)22/h4-5,8-9,12-13H,2-3,6-7,10-11H2,1H3/t12-,13-/m1/s1. The van der Waals surface area contributed by atoms with Crippen LogP contribution in [0.1, 0.15) is 32.1 Å². The van der Waals surface area contributed by atoms with Crippen LogP contribution in [0, 0.1) is 11.8 Å². The van der Waals surface area contributed by atoms with Gasteiger partial charge in [0.05, 0.1) is 25.4 Å². The smallest absolute Gasteiger partial charge is 0.313 e. The zero-order valence-corrected chi connectivity index (χ0v) is 13.7. The summed E-state index contributed by atoms with van der Waals surface area (Å²) in [7, 11) is 1.50. The molecule has 2 fully saturated rings. The molecule has 2 atom stereocenters. The SMILES string of the molecule is COc1ccccc1OC(=O)CCN1C(=O)[C@@H]2CCCC[C@H]2C1=O. The van der Waals surface area contributed by atoms with Gasteiger partial charge in [0.1, 0.15) is 0 Å². The normalized spacial score (nSPS) is 23.1. The minimum absolute atomic E-state index is 0.0189. The lowest BCUT2D eigenvalue weighted by Crippen LogP contribution is -2.33. The number of nitrogens with zero attached hydrogens (tertiary/aromatic N) is 1. The number of hydrogen-bond acceptors (Lipinski definition) is 5. The van der Waals surface area contributed by atoms with Crippen LogP contribution in [-0.2, 0) is 14.4 Å². The van der Waals surface area contributed by atoms with Crippen molar-refractivity contribution in [2.45, 2.75) is 32.1 Å². The summed E-state index contributed by atoms with van der Waals surface area (Å²) in [5.41, 5.74) is 0. The summed E-state index contributed by atoms with van der Waals surface area (Å²) in [6.07, 6.45) is 3.51. The molecule has 2 aliphatic rings. The van der Waals surface area contributed by atoms with Gasteiger partial charge in [-0.2, -0.15) is 0 Å². The van der Waals surface area contributed by atoms with Crippen molar-refractivity contribution in [2.24, 2.45) is 11.8 Å². The fourth-order valence-corrected chi connectivity index (χ4v) is 3.53. The molecule has 1 aromatic carbocycles. The van der Waals surface area contributed by atoms with Crippen LogP contribution in [0.4, 0.5) is 0 Å². The maximum absolute atomic E-state index is 12.4. The molecule has 3 rings (SSSR count). The van der Waals surface area contributed by atoms with E-state index in [2.05, 4.69) is 0 Å². The lowest BCUT2D eigenvalue weighted by molar-refractivity contribution is -0.141. The number of likely N-dealkylation sites (tertiary alicyclic amines) is 1. The molecule has 0 bridgehead atoms. The Bertz CT molecular complexity index is 633. The van der Waals surface area contributed by atoms with Gasteiger partial charge in [0, 0.05) is 6.54 Å². The van der Waals surface area contributed by atoms with Crippen molar-refractivity contribution in [1.29, 1.82) is 0 Å². The molecule has 1 saturated carbocycles. The van der Waals surface area contributed by atoms with Crippen LogP contribution < -0.4 is 9.47 Å². The highest BCUT2D eigenvalue weighted by Crippen LogP contribution is 2.38. The molecule has 0 spiro atoms. The Balaban J connectivity index is 1.58. The van der Waals surface area contributed by atoms with Gasteiger partial charge in [-0.25, -0.2) is 0 Å². The van der Waals surface area contributed by atoms with Gasteiger partial charge in [-0.3, -0.25) is 19.3 Å². The van der Waals surface area contributed by atoms with Crippen LogP contribution in [0.25, 0.3) is 0 Å². The minimum Gasteiger partial charge on any atom is -0.493 e. The van der Waals surface area contributed by atoms with Gasteiger partial charge < -0.3 is 9.47 Å². The number of esters is 1. The predicted octanol–water partition coefficient (Wildman–Crippen LogP) is 2.17. The van der Waals surface area contributed by atoms with Gasteiger partial charge in [0.15, 0.2) is 11.5 Å². The van der Waals surface area contributed by atoms with Crippen LogP contribution in [0.15, 0.2) is 24.3 Å². The molecule has 1 saturated heterocycles. The summed E-state index contributed by atoms with van der Waals surface area (Å²) in [5, 5.41) is 0. The lowest BCUT2D eigenvalue weighted by Gasteiger charge is -2.19. The second kappa shape index (κ2) is 7.03. The molecule has 1 aliphatic heterocycles. The third-order valence-corrected chi connectivity index (χ3v) is 4.76. The summed E-state index contributed by atoms with van der Waals surface area (Å²) in [6, 6.07) is 6.85. The second-order valence-electron chi connectivity index (χ2n) is 6.20. The van der Waals surface area contributed by atoms with Crippen molar-refractivity contribution in [3.05, 3.63) is 24.3 Å². The number of rotatable bonds is 5. The third kappa shape index (κ3) is 3.13. The first-order valence-corrected chi connectivity index (χ1v) is 8.30. The van der Waals surface area contributed by atoms with E-state index >= 15 is 0 Å². The zero-order valence-electron chi connectivity index (χ0n) is 13.7. The van der Waals surface area contributed by atoms with E-state index in [9.17, 15) is 14.4 Å². The number of para-hydroxylation sites is 2. The van der Waals surface area contributed by atoms with E-state index < -0.39 is 5.97 Å². The largest absolute Gasteiger partial charge is 0.493 e. The van der Waals surface area contributed by atoms with Crippen molar-refractivity contribution in [2.75, 3.05) is 13.7 Å². The number of hydrogen-bond donors (Lipinski definition) is 0. The van der Waals surface area contributed by atoms with Crippen LogP contribution in [0.2, 0.25) is 0 Å². The van der Waals surface area contributed by atoms with Gasteiger partial charge in [-0.15, -0.1) is 0 Å². The van der Waals surface area contributed by atoms with Gasteiger partial charge in [0.25, 0.3) is 0 Å². The molecular formula is C18H21NO5. The highest BCUT2D eigenvalue weighted by Gasteiger charge is 2.47. The summed E-state index contributed by atoms with van der Waals surface area (Å²) in [4.78, 5) is 38.0. The number of ether oxygens (including phenoxy) is 2. The maximum Gasteiger partial charge on any atom is 0.313 e. The van der Waals surface area contributed by atoms with Crippen molar-refractivity contribution < 1.29 is 23.9 Å². The molecule has 2 amide bonds. The number of fused-ring (bicyclic) bond motifs is 1. The molecule has 0 radical (unpaired) electrons. The average Bonchev–Trinajstić information content (AvgIpc) is 2.85. The molecule has 0 N–H and O–H groups in total. The van der Waals surface area contributed by atoms with Crippen LogP contribution >= 0.6 is 0 Å². The molecule has 1 heterocycles. The van der Waals surface area contributed by atoms with E-state index in [1.165, 1.54) is 12.0 Å². The number of methoxy groups -OCH3 is 1. The average molecular weight is 331 g/mol. The number of amides is 2. The summed E-state index contributed by atoms with van der Waals surface area (Å²) < 4.78 is 10.4. The van der Waals surface area contributed by atoms with Gasteiger partial charge in [-0.05, 0) is 25.0 Å². The molecule has 1 aromatic rings. The van der Waals surface area contributed by atoms with Gasteiger partial charge in [0.2, 0.25) is 11.8 Å². The highest BCUT2D eigenvalue weighted by molar-refractivity contribution is 6.05. The highest BCUT2D eigenvalue weighted by atomic mass is 16.6. The summed E-state index contributed by atoms with van der Waals surface area (Å²) in [5.74, 6) is -0.324. The monoisotopic (exact) mass is 331 g/mol. The molecule has 6 heteroatoms. The quantitative estimate of drug-likeness (QED) is 0.470. The summed E-state index contributed by atoms with van der Waals surface area (Å²) >= 11 is 0. The number of imide groups is 1. The molecule has 0 aromatic heterocycles. The Morgan fingerprint density at radius 3 is 2.25 bits per heavy atom. The van der Waals surface area contributed by atoms with E-state index in [4.69, 9.17) is 9.47 Å². The minimum atomic E-state index is -0.491. The Hall–Kier alpha value is -2.37. The van der Waals surface area contributed by atoms with E-state index in [-0.39, 0.29) is 36.6 Å². The Morgan fingerprint density at radius 2 is 1.67 bits per heavy atom.